The van der Waals surface area contributed by atoms with E-state index < -0.39 is 0 Å². The van der Waals surface area contributed by atoms with E-state index in [2.05, 4.69) is 41.6 Å². The van der Waals surface area contributed by atoms with Gasteiger partial charge in [-0.15, -0.1) is 0 Å². The van der Waals surface area contributed by atoms with Crippen LogP contribution in [0, 0.1) is 5.92 Å². The third-order valence-corrected chi connectivity index (χ3v) is 4.14. The van der Waals surface area contributed by atoms with E-state index in [1.807, 2.05) is 19.1 Å². The second-order valence-corrected chi connectivity index (χ2v) is 6.41. The lowest BCUT2D eigenvalue weighted by Gasteiger charge is -2.21. The largest absolute Gasteiger partial charge is 0.497 e. The fourth-order valence-electron chi connectivity index (χ4n) is 2.70. The molecule has 0 saturated carbocycles. The van der Waals surface area contributed by atoms with Gasteiger partial charge in [0.2, 0.25) is 0 Å². The van der Waals surface area contributed by atoms with E-state index in [0.29, 0.717) is 12.0 Å². The van der Waals surface area contributed by atoms with Crippen molar-refractivity contribution >= 4 is 5.96 Å². The van der Waals surface area contributed by atoms with Crippen LogP contribution in [0.1, 0.15) is 39.2 Å². The van der Waals surface area contributed by atoms with Crippen LogP contribution in [-0.4, -0.2) is 45.9 Å². The number of rotatable bonds is 11. The summed E-state index contributed by atoms with van der Waals surface area (Å²) in [6.45, 7) is 8.96. The minimum atomic E-state index is 0.295. The molecule has 1 atom stereocenters. The highest BCUT2D eigenvalue weighted by Gasteiger charge is 2.12. The molecule has 1 rings (SSSR count). The first-order valence-corrected chi connectivity index (χ1v) is 9.29. The van der Waals surface area contributed by atoms with Gasteiger partial charge in [0.15, 0.2) is 5.96 Å². The molecule has 1 aromatic carbocycles. The lowest BCUT2D eigenvalue weighted by Crippen LogP contribution is -2.39. The average molecular weight is 350 g/mol. The van der Waals surface area contributed by atoms with Gasteiger partial charge in [0.05, 0.1) is 13.2 Å². The second kappa shape index (κ2) is 12.6. The van der Waals surface area contributed by atoms with Crippen LogP contribution in [0.5, 0.6) is 5.75 Å². The molecular formula is C20H35N3O2. The predicted molar refractivity (Wildman–Crippen MR) is 106 cm³/mol. The van der Waals surface area contributed by atoms with Crippen molar-refractivity contribution in [1.82, 2.24) is 10.6 Å². The molecule has 5 heteroatoms. The highest BCUT2D eigenvalue weighted by molar-refractivity contribution is 5.79. The highest BCUT2D eigenvalue weighted by Crippen LogP contribution is 2.13. The summed E-state index contributed by atoms with van der Waals surface area (Å²) in [4.78, 5) is 4.28. The topological polar surface area (TPSA) is 54.9 Å². The van der Waals surface area contributed by atoms with E-state index in [0.717, 1.165) is 50.7 Å². The van der Waals surface area contributed by atoms with Crippen molar-refractivity contribution in [3.8, 4) is 5.75 Å². The second-order valence-electron chi connectivity index (χ2n) is 6.41. The van der Waals surface area contributed by atoms with Crippen LogP contribution < -0.4 is 15.4 Å². The number of hydrogen-bond acceptors (Lipinski definition) is 3. The molecule has 0 saturated heterocycles. The number of aryl methyl sites for hydroxylation is 1. The summed E-state index contributed by atoms with van der Waals surface area (Å²) in [5, 5.41) is 6.74. The maximum Gasteiger partial charge on any atom is 0.190 e. The number of nitrogens with zero attached hydrogens (tertiary/aromatic N) is 1. The van der Waals surface area contributed by atoms with E-state index in [1.54, 1.807) is 14.2 Å². The van der Waals surface area contributed by atoms with Gasteiger partial charge >= 0.3 is 0 Å². The normalized spacial score (nSPS) is 13.0. The molecule has 5 nitrogen and oxygen atoms in total. The third-order valence-electron chi connectivity index (χ3n) is 4.14. The molecule has 25 heavy (non-hydrogen) atoms. The van der Waals surface area contributed by atoms with Crippen LogP contribution in [0.3, 0.4) is 0 Å². The number of hydrogen-bond donors (Lipinski definition) is 2. The Labute approximate surface area is 153 Å². The maximum absolute atomic E-state index is 5.77. The molecule has 0 aliphatic carbocycles. The minimum Gasteiger partial charge on any atom is -0.497 e. The molecule has 0 amide bonds. The van der Waals surface area contributed by atoms with Gasteiger partial charge < -0.3 is 20.1 Å². The summed E-state index contributed by atoms with van der Waals surface area (Å²) >= 11 is 0. The Morgan fingerprint density at radius 2 is 1.96 bits per heavy atom. The molecule has 2 N–H and O–H groups in total. The van der Waals surface area contributed by atoms with E-state index in [-0.39, 0.29) is 0 Å². The zero-order chi connectivity index (χ0) is 18.5. The van der Waals surface area contributed by atoms with Crippen LogP contribution >= 0.6 is 0 Å². The summed E-state index contributed by atoms with van der Waals surface area (Å²) in [7, 11) is 3.51. The third kappa shape index (κ3) is 8.77. The lowest BCUT2D eigenvalue weighted by molar-refractivity contribution is 0.0258. The van der Waals surface area contributed by atoms with E-state index in [4.69, 9.17) is 9.47 Å². The Balaban J connectivity index is 2.25. The number of methoxy groups -OCH3 is 1. The Morgan fingerprint density at radius 3 is 2.60 bits per heavy atom. The fourth-order valence-corrected chi connectivity index (χ4v) is 2.70. The molecule has 0 bridgehead atoms. The Bertz CT molecular complexity index is 503. The Kier molecular flexibility index (Phi) is 10.7. The van der Waals surface area contributed by atoms with Gasteiger partial charge in [-0.3, -0.25) is 4.99 Å². The summed E-state index contributed by atoms with van der Waals surface area (Å²) in [5.74, 6) is 2.29. The van der Waals surface area contributed by atoms with Crippen molar-refractivity contribution < 1.29 is 9.47 Å². The van der Waals surface area contributed by atoms with Gasteiger partial charge in [-0.1, -0.05) is 26.0 Å². The maximum atomic E-state index is 5.77. The van der Waals surface area contributed by atoms with Crippen molar-refractivity contribution in [1.29, 1.82) is 0 Å². The van der Waals surface area contributed by atoms with Crippen molar-refractivity contribution in [2.45, 2.75) is 46.1 Å². The first kappa shape index (κ1) is 21.3. The highest BCUT2D eigenvalue weighted by atomic mass is 16.5. The van der Waals surface area contributed by atoms with Gasteiger partial charge in [0.25, 0.3) is 0 Å². The summed E-state index contributed by atoms with van der Waals surface area (Å²) in [6.07, 6.45) is 3.34. The van der Waals surface area contributed by atoms with Crippen LogP contribution in [0.4, 0.5) is 0 Å². The summed E-state index contributed by atoms with van der Waals surface area (Å²) in [6, 6.07) is 8.23. The lowest BCUT2D eigenvalue weighted by atomic mass is 10.0. The molecule has 142 valence electrons. The average Bonchev–Trinajstić information content (AvgIpc) is 2.62. The number of benzene rings is 1. The molecule has 0 spiro atoms. The van der Waals surface area contributed by atoms with E-state index in [9.17, 15) is 0 Å². The molecule has 0 aromatic heterocycles. The van der Waals surface area contributed by atoms with Gasteiger partial charge in [-0.2, -0.15) is 0 Å². The molecule has 0 aliphatic rings. The predicted octanol–water partition coefficient (Wildman–Crippen LogP) is 3.24. The molecule has 0 fully saturated rings. The molecule has 0 aliphatic heterocycles. The minimum absolute atomic E-state index is 0.295. The Morgan fingerprint density at radius 1 is 1.20 bits per heavy atom. The number of guanidine groups is 1. The SMILES string of the molecule is CCOC(CCNC(=NC)NCCCc1cccc(OC)c1)C(C)C. The smallest absolute Gasteiger partial charge is 0.190 e. The van der Waals surface area contributed by atoms with Gasteiger partial charge in [0, 0.05) is 26.7 Å². The zero-order valence-electron chi connectivity index (χ0n) is 16.5. The molecular weight excluding hydrogens is 314 g/mol. The van der Waals surface area contributed by atoms with Crippen molar-refractivity contribution in [2.75, 3.05) is 33.9 Å². The summed E-state index contributed by atoms with van der Waals surface area (Å²) in [5.41, 5.74) is 1.29. The van der Waals surface area contributed by atoms with E-state index in [1.165, 1.54) is 5.56 Å². The van der Waals surface area contributed by atoms with Gasteiger partial charge in [-0.25, -0.2) is 0 Å². The molecule has 0 radical (unpaired) electrons. The van der Waals surface area contributed by atoms with Crippen molar-refractivity contribution in [3.63, 3.8) is 0 Å². The molecule has 1 unspecified atom stereocenters. The Hall–Kier alpha value is -1.75. The standard InChI is InChI=1S/C20H35N3O2/c1-6-25-19(16(2)3)12-14-23-20(21-4)22-13-8-10-17-9-7-11-18(15-17)24-5/h7,9,11,15-16,19H,6,8,10,12-14H2,1-5H3,(H2,21,22,23). The van der Waals surface area contributed by atoms with Gasteiger partial charge in [0.1, 0.15) is 5.75 Å². The van der Waals surface area contributed by atoms with Crippen molar-refractivity contribution in [2.24, 2.45) is 10.9 Å². The van der Waals surface area contributed by atoms with Crippen molar-refractivity contribution in [3.05, 3.63) is 29.8 Å². The zero-order valence-corrected chi connectivity index (χ0v) is 16.5. The van der Waals surface area contributed by atoms with Crippen LogP contribution in [-0.2, 0) is 11.2 Å². The number of ether oxygens (including phenoxy) is 2. The number of nitrogens with one attached hydrogen (secondary N) is 2. The molecule has 0 heterocycles. The van der Waals surface area contributed by atoms with Gasteiger partial charge in [-0.05, 0) is 49.8 Å². The summed E-state index contributed by atoms with van der Waals surface area (Å²) < 4.78 is 11.0. The van der Waals surface area contributed by atoms with Crippen LogP contribution in [0.25, 0.3) is 0 Å². The van der Waals surface area contributed by atoms with E-state index >= 15 is 0 Å². The number of aliphatic imine (C=N–C) groups is 1. The first-order valence-electron chi connectivity index (χ1n) is 9.29. The van der Waals surface area contributed by atoms with Crippen LogP contribution in [0.2, 0.25) is 0 Å². The monoisotopic (exact) mass is 349 g/mol. The van der Waals surface area contributed by atoms with Crippen LogP contribution in [0.15, 0.2) is 29.3 Å². The quantitative estimate of drug-likeness (QED) is 0.366. The molecule has 1 aromatic rings. The fraction of sp³-hybridized carbons (Fsp3) is 0.650. The first-order chi connectivity index (χ1) is 12.1.